The van der Waals surface area contributed by atoms with Gasteiger partial charge in [-0.15, -0.1) is 0 Å². The molecule has 0 aliphatic carbocycles. The summed E-state index contributed by atoms with van der Waals surface area (Å²) in [6, 6.07) is 6.49. The minimum Gasteiger partial charge on any atom is -0.355 e. The van der Waals surface area contributed by atoms with Crippen molar-refractivity contribution in [3.63, 3.8) is 0 Å². The average Bonchev–Trinajstić information content (AvgIpc) is 2.37. The van der Waals surface area contributed by atoms with E-state index in [1.165, 1.54) is 12.1 Å². The summed E-state index contributed by atoms with van der Waals surface area (Å²) in [4.78, 5) is 11.6. The molecule has 0 bridgehead atoms. The number of amides is 1. The van der Waals surface area contributed by atoms with Crippen LogP contribution in [0.4, 0.5) is 4.39 Å². The van der Waals surface area contributed by atoms with Gasteiger partial charge in [0.25, 0.3) is 0 Å². The topological polar surface area (TPSA) is 41.1 Å². The smallest absolute Gasteiger partial charge is 0.233 e. The second kappa shape index (κ2) is 7.89. The van der Waals surface area contributed by atoms with E-state index in [2.05, 4.69) is 24.5 Å². The van der Waals surface area contributed by atoms with Crippen LogP contribution < -0.4 is 10.6 Å². The first-order valence-corrected chi connectivity index (χ1v) is 6.78. The Bertz CT molecular complexity index is 407. The summed E-state index contributed by atoms with van der Waals surface area (Å²) in [7, 11) is 0. The molecule has 0 aliphatic rings. The number of halogens is 1. The van der Waals surface area contributed by atoms with Gasteiger partial charge in [0.15, 0.2) is 0 Å². The molecule has 0 spiro atoms. The molecule has 1 rings (SSSR count). The van der Waals surface area contributed by atoms with Crippen LogP contribution in [-0.2, 0) is 4.79 Å². The van der Waals surface area contributed by atoms with Crippen molar-refractivity contribution in [1.82, 2.24) is 10.6 Å². The van der Waals surface area contributed by atoms with Crippen LogP contribution >= 0.6 is 0 Å². The first-order chi connectivity index (χ1) is 9.02. The largest absolute Gasteiger partial charge is 0.355 e. The van der Waals surface area contributed by atoms with Crippen molar-refractivity contribution >= 4 is 5.91 Å². The van der Waals surface area contributed by atoms with Gasteiger partial charge in [-0.2, -0.15) is 0 Å². The van der Waals surface area contributed by atoms with Crippen LogP contribution in [-0.4, -0.2) is 19.0 Å². The maximum absolute atomic E-state index is 13.2. The Balaban J connectivity index is 2.47. The first kappa shape index (κ1) is 15.6. The third-order valence-corrected chi connectivity index (χ3v) is 2.88. The highest BCUT2D eigenvalue weighted by molar-refractivity contribution is 5.78. The number of hydrogen-bond donors (Lipinski definition) is 2. The number of hydrogen-bond acceptors (Lipinski definition) is 2. The normalized spacial score (nSPS) is 12.5. The molecule has 106 valence electrons. The predicted molar refractivity (Wildman–Crippen MR) is 75.3 cm³/mol. The summed E-state index contributed by atoms with van der Waals surface area (Å²) in [6.45, 7) is 7.04. The summed E-state index contributed by atoms with van der Waals surface area (Å²) in [6.07, 6.45) is 0.806. The molecule has 0 aromatic heterocycles. The quantitative estimate of drug-likeness (QED) is 0.796. The molecule has 1 aromatic carbocycles. The molecular weight excluding hydrogens is 243 g/mol. The molecule has 0 saturated carbocycles. The number of carbonyl (C=O) groups excluding carboxylic acids is 1. The molecule has 19 heavy (non-hydrogen) atoms. The zero-order valence-electron chi connectivity index (χ0n) is 11.9. The van der Waals surface area contributed by atoms with Crippen molar-refractivity contribution < 1.29 is 9.18 Å². The van der Waals surface area contributed by atoms with E-state index >= 15 is 0 Å². The number of nitrogens with one attached hydrogen (secondary N) is 2. The highest BCUT2D eigenvalue weighted by Crippen LogP contribution is 2.16. The maximum atomic E-state index is 13.2. The third kappa shape index (κ3) is 5.83. The van der Waals surface area contributed by atoms with Crippen molar-refractivity contribution in [3.05, 3.63) is 35.6 Å². The van der Waals surface area contributed by atoms with Crippen LogP contribution in [0, 0.1) is 11.7 Å². The van der Waals surface area contributed by atoms with Crippen molar-refractivity contribution in [3.8, 4) is 0 Å². The van der Waals surface area contributed by atoms with Crippen LogP contribution in [0.25, 0.3) is 0 Å². The number of carbonyl (C=O) groups is 1. The van der Waals surface area contributed by atoms with Crippen molar-refractivity contribution in [1.29, 1.82) is 0 Å². The molecular formula is C15H23FN2O. The fourth-order valence-corrected chi connectivity index (χ4v) is 1.82. The van der Waals surface area contributed by atoms with E-state index in [9.17, 15) is 9.18 Å². The molecule has 0 fully saturated rings. The molecule has 1 amide bonds. The van der Waals surface area contributed by atoms with Crippen LogP contribution in [0.2, 0.25) is 0 Å². The van der Waals surface area contributed by atoms with E-state index in [-0.39, 0.29) is 24.3 Å². The van der Waals surface area contributed by atoms with Gasteiger partial charge >= 0.3 is 0 Å². The minimum atomic E-state index is -0.248. The van der Waals surface area contributed by atoms with Crippen molar-refractivity contribution in [2.75, 3.05) is 13.1 Å². The highest BCUT2D eigenvalue weighted by Gasteiger charge is 2.11. The molecule has 0 saturated heterocycles. The SMILES string of the molecule is CCC(NCC(=O)NCC(C)C)c1cccc(F)c1. The van der Waals surface area contributed by atoms with Crippen molar-refractivity contribution in [2.45, 2.75) is 33.2 Å². The van der Waals surface area contributed by atoms with Crippen LogP contribution in [0.3, 0.4) is 0 Å². The Morgan fingerprint density at radius 2 is 2.11 bits per heavy atom. The summed E-state index contributed by atoms with van der Waals surface area (Å²) < 4.78 is 13.2. The highest BCUT2D eigenvalue weighted by atomic mass is 19.1. The zero-order valence-corrected chi connectivity index (χ0v) is 11.9. The minimum absolute atomic E-state index is 0.000463. The number of benzene rings is 1. The molecule has 3 nitrogen and oxygen atoms in total. The molecule has 4 heteroatoms. The Hall–Kier alpha value is -1.42. The molecule has 0 radical (unpaired) electrons. The fraction of sp³-hybridized carbons (Fsp3) is 0.533. The van der Waals surface area contributed by atoms with Crippen LogP contribution in [0.15, 0.2) is 24.3 Å². The van der Waals surface area contributed by atoms with Crippen LogP contribution in [0.5, 0.6) is 0 Å². The van der Waals surface area contributed by atoms with Gasteiger partial charge in [0, 0.05) is 12.6 Å². The lowest BCUT2D eigenvalue weighted by Crippen LogP contribution is -2.37. The Kier molecular flexibility index (Phi) is 6.50. The maximum Gasteiger partial charge on any atom is 0.233 e. The van der Waals surface area contributed by atoms with Gasteiger partial charge in [-0.05, 0) is 30.0 Å². The summed E-state index contributed by atoms with van der Waals surface area (Å²) in [5.41, 5.74) is 0.874. The molecule has 1 unspecified atom stereocenters. The lowest BCUT2D eigenvalue weighted by atomic mass is 10.0. The monoisotopic (exact) mass is 266 g/mol. The molecule has 2 N–H and O–H groups in total. The second-order valence-corrected chi connectivity index (χ2v) is 5.09. The lowest BCUT2D eigenvalue weighted by Gasteiger charge is -2.17. The molecule has 0 heterocycles. The second-order valence-electron chi connectivity index (χ2n) is 5.09. The lowest BCUT2D eigenvalue weighted by molar-refractivity contribution is -0.120. The van der Waals surface area contributed by atoms with E-state index in [0.29, 0.717) is 12.5 Å². The summed E-state index contributed by atoms with van der Waals surface area (Å²) in [5.74, 6) is 0.166. The summed E-state index contributed by atoms with van der Waals surface area (Å²) >= 11 is 0. The summed E-state index contributed by atoms with van der Waals surface area (Å²) in [5, 5.41) is 6.01. The Labute approximate surface area is 114 Å². The van der Waals surface area contributed by atoms with Gasteiger partial charge in [-0.3, -0.25) is 4.79 Å². The van der Waals surface area contributed by atoms with E-state index in [0.717, 1.165) is 12.0 Å². The van der Waals surface area contributed by atoms with E-state index < -0.39 is 0 Å². The Morgan fingerprint density at radius 3 is 2.68 bits per heavy atom. The van der Waals surface area contributed by atoms with Gasteiger partial charge in [0.2, 0.25) is 5.91 Å². The third-order valence-electron chi connectivity index (χ3n) is 2.88. The van der Waals surface area contributed by atoms with Gasteiger partial charge in [0.05, 0.1) is 6.54 Å². The van der Waals surface area contributed by atoms with Crippen molar-refractivity contribution in [2.24, 2.45) is 5.92 Å². The van der Waals surface area contributed by atoms with E-state index in [1.807, 2.05) is 13.0 Å². The van der Waals surface area contributed by atoms with E-state index in [4.69, 9.17) is 0 Å². The first-order valence-electron chi connectivity index (χ1n) is 6.78. The standard InChI is InChI=1S/C15H23FN2O/c1-4-14(12-6-5-7-13(16)8-12)17-10-15(19)18-9-11(2)3/h5-8,11,14,17H,4,9-10H2,1-3H3,(H,18,19). The van der Waals surface area contributed by atoms with Gasteiger partial charge < -0.3 is 10.6 Å². The van der Waals surface area contributed by atoms with Crippen LogP contribution in [0.1, 0.15) is 38.8 Å². The zero-order chi connectivity index (χ0) is 14.3. The molecule has 0 aliphatic heterocycles. The van der Waals surface area contributed by atoms with Gasteiger partial charge in [-0.1, -0.05) is 32.9 Å². The average molecular weight is 266 g/mol. The van der Waals surface area contributed by atoms with Gasteiger partial charge in [0.1, 0.15) is 5.82 Å². The van der Waals surface area contributed by atoms with E-state index in [1.54, 1.807) is 6.07 Å². The van der Waals surface area contributed by atoms with Gasteiger partial charge in [-0.25, -0.2) is 4.39 Å². The predicted octanol–water partition coefficient (Wildman–Crippen LogP) is 2.64. The molecule has 1 atom stereocenters. The number of rotatable bonds is 7. The fourth-order valence-electron chi connectivity index (χ4n) is 1.82. The Morgan fingerprint density at radius 1 is 1.37 bits per heavy atom. The molecule has 1 aromatic rings.